The van der Waals surface area contributed by atoms with Crippen LogP contribution in [0.5, 0.6) is 0 Å². The zero-order valence-electron chi connectivity index (χ0n) is 15.8. The van der Waals surface area contributed by atoms with E-state index in [1.165, 1.54) is 107 Å². The van der Waals surface area contributed by atoms with Crippen LogP contribution in [-0.4, -0.2) is 22.6 Å². The normalized spacial score (nSPS) is 29.0. The highest BCUT2D eigenvalue weighted by Gasteiger charge is 2.53. The summed E-state index contributed by atoms with van der Waals surface area (Å²) in [5.74, 6) is 1.99. The van der Waals surface area contributed by atoms with E-state index >= 15 is 0 Å². The molecule has 24 heavy (non-hydrogen) atoms. The molecular formula is C21H38NOS+. The van der Waals surface area contributed by atoms with Crippen molar-refractivity contribution in [1.82, 2.24) is 0 Å². The molecule has 3 rings (SSSR count). The van der Waals surface area contributed by atoms with Crippen LogP contribution in [-0.2, 0) is 4.74 Å². The standard InChI is InChI=1S/C21H37NOS/c1-2-3-4-5-6-12-17-24-20-22-21(15-10-7-11-16-21)18-13-8-9-14-19(18)23-20/h18-19H,2-17H2,1H3/p+1. The largest absolute Gasteiger partial charge is 0.436 e. The Labute approximate surface area is 153 Å². The van der Waals surface area contributed by atoms with Gasteiger partial charge >= 0.3 is 5.23 Å². The molecule has 2 saturated carbocycles. The van der Waals surface area contributed by atoms with Crippen molar-refractivity contribution >= 4 is 17.0 Å². The molecule has 2 atom stereocenters. The molecule has 3 heteroatoms. The van der Waals surface area contributed by atoms with Gasteiger partial charge < -0.3 is 4.74 Å². The first-order valence-electron chi connectivity index (χ1n) is 10.8. The Balaban J connectivity index is 1.52. The molecule has 1 spiro atoms. The Bertz CT molecular complexity index is 403. The van der Waals surface area contributed by atoms with Crippen LogP contribution in [0.15, 0.2) is 0 Å². The molecule has 0 bridgehead atoms. The summed E-state index contributed by atoms with van der Waals surface area (Å²) in [7, 11) is 0. The lowest BCUT2D eigenvalue weighted by Crippen LogP contribution is -2.93. The average molecular weight is 353 g/mol. The fraction of sp³-hybridized carbons (Fsp3) is 0.952. The van der Waals surface area contributed by atoms with Gasteiger partial charge in [0.15, 0.2) is 5.54 Å². The number of unbranched alkanes of at least 4 members (excludes halogenated alkanes) is 5. The predicted octanol–water partition coefficient (Wildman–Crippen LogP) is 4.81. The highest BCUT2D eigenvalue weighted by Crippen LogP contribution is 2.42. The number of ether oxygens (including phenoxy) is 1. The van der Waals surface area contributed by atoms with Crippen LogP contribution < -0.4 is 4.99 Å². The molecular weight excluding hydrogens is 314 g/mol. The molecule has 2 aliphatic carbocycles. The molecule has 2 unspecified atom stereocenters. The van der Waals surface area contributed by atoms with Gasteiger partial charge in [-0.2, -0.15) is 4.99 Å². The fourth-order valence-electron chi connectivity index (χ4n) is 5.13. The van der Waals surface area contributed by atoms with Crippen molar-refractivity contribution in [3.8, 4) is 0 Å². The second-order valence-electron chi connectivity index (χ2n) is 8.29. The lowest BCUT2D eigenvalue weighted by Gasteiger charge is -2.44. The van der Waals surface area contributed by atoms with Gasteiger partial charge in [-0.25, -0.2) is 0 Å². The van der Waals surface area contributed by atoms with Crippen molar-refractivity contribution in [2.45, 2.75) is 115 Å². The highest BCUT2D eigenvalue weighted by atomic mass is 32.2. The minimum absolute atomic E-state index is 0.380. The van der Waals surface area contributed by atoms with Crippen molar-refractivity contribution in [3.63, 3.8) is 0 Å². The smallest absolute Gasteiger partial charge is 0.399 e. The lowest BCUT2D eigenvalue weighted by atomic mass is 9.66. The summed E-state index contributed by atoms with van der Waals surface area (Å²) in [6.07, 6.45) is 21.2. The van der Waals surface area contributed by atoms with Crippen molar-refractivity contribution in [1.29, 1.82) is 0 Å². The molecule has 3 aliphatic rings. The molecule has 1 N–H and O–H groups in total. The maximum absolute atomic E-state index is 6.43. The molecule has 1 aliphatic heterocycles. The van der Waals surface area contributed by atoms with Crippen molar-refractivity contribution in [3.05, 3.63) is 0 Å². The van der Waals surface area contributed by atoms with E-state index in [4.69, 9.17) is 4.74 Å². The van der Waals surface area contributed by atoms with Crippen LogP contribution in [0.3, 0.4) is 0 Å². The van der Waals surface area contributed by atoms with Crippen LogP contribution in [0.2, 0.25) is 0 Å². The van der Waals surface area contributed by atoms with Crippen LogP contribution in [0, 0.1) is 5.92 Å². The maximum Gasteiger partial charge on any atom is 0.399 e. The first kappa shape index (κ1) is 18.6. The van der Waals surface area contributed by atoms with Crippen molar-refractivity contribution < 1.29 is 9.73 Å². The zero-order chi connectivity index (χ0) is 16.7. The fourth-order valence-corrected chi connectivity index (χ4v) is 6.13. The molecule has 0 amide bonds. The van der Waals surface area contributed by atoms with Gasteiger partial charge in [0.25, 0.3) is 0 Å². The molecule has 0 aromatic carbocycles. The third-order valence-corrected chi connectivity index (χ3v) is 7.45. The minimum Gasteiger partial charge on any atom is -0.436 e. The second kappa shape index (κ2) is 9.50. The number of hydrogen-bond donors (Lipinski definition) is 1. The van der Waals surface area contributed by atoms with Gasteiger partial charge in [-0.1, -0.05) is 51.9 Å². The molecule has 2 fully saturated rings. The summed E-state index contributed by atoms with van der Waals surface area (Å²) < 4.78 is 6.43. The molecule has 0 saturated heterocycles. The number of nitrogens with one attached hydrogen (secondary N) is 1. The van der Waals surface area contributed by atoms with E-state index in [2.05, 4.69) is 11.9 Å². The summed E-state index contributed by atoms with van der Waals surface area (Å²) >= 11 is 1.97. The molecule has 0 radical (unpaired) electrons. The molecule has 2 nitrogen and oxygen atoms in total. The van der Waals surface area contributed by atoms with E-state index < -0.39 is 0 Å². The van der Waals surface area contributed by atoms with Crippen LogP contribution in [0.1, 0.15) is 103 Å². The predicted molar refractivity (Wildman–Crippen MR) is 104 cm³/mol. The van der Waals surface area contributed by atoms with Gasteiger partial charge in [-0.3, -0.25) is 0 Å². The molecule has 0 aromatic heterocycles. The van der Waals surface area contributed by atoms with Gasteiger partial charge in [0, 0.05) is 18.6 Å². The highest BCUT2D eigenvalue weighted by molar-refractivity contribution is 8.13. The second-order valence-corrected chi connectivity index (χ2v) is 9.36. The van der Waals surface area contributed by atoms with Gasteiger partial charge in [-0.15, -0.1) is 0 Å². The van der Waals surface area contributed by atoms with E-state index in [1.54, 1.807) is 0 Å². The van der Waals surface area contributed by atoms with E-state index in [0.717, 1.165) is 5.92 Å². The van der Waals surface area contributed by atoms with Gasteiger partial charge in [0.1, 0.15) is 6.10 Å². The Kier molecular flexibility index (Phi) is 7.36. The summed E-state index contributed by atoms with van der Waals surface area (Å²) in [5, 5.41) is 1.17. The molecule has 0 aromatic rings. The Hall–Kier alpha value is -0.180. The summed E-state index contributed by atoms with van der Waals surface area (Å²) in [6, 6.07) is 0. The van der Waals surface area contributed by atoms with Gasteiger partial charge in [0.05, 0.1) is 5.92 Å². The third-order valence-electron chi connectivity index (χ3n) is 6.50. The number of rotatable bonds is 7. The van der Waals surface area contributed by atoms with Gasteiger partial charge in [-0.05, 0) is 50.3 Å². The summed E-state index contributed by atoms with van der Waals surface area (Å²) in [5.41, 5.74) is 0.380. The van der Waals surface area contributed by atoms with Crippen molar-refractivity contribution in [2.24, 2.45) is 5.92 Å². The zero-order valence-corrected chi connectivity index (χ0v) is 16.6. The third kappa shape index (κ3) is 4.71. The maximum atomic E-state index is 6.43. The number of fused-ring (bicyclic) bond motifs is 2. The Morgan fingerprint density at radius 1 is 0.958 bits per heavy atom. The first-order chi connectivity index (χ1) is 11.8. The summed E-state index contributed by atoms with van der Waals surface area (Å²) in [6.45, 7) is 2.29. The van der Waals surface area contributed by atoms with E-state index in [-0.39, 0.29) is 0 Å². The summed E-state index contributed by atoms with van der Waals surface area (Å²) in [4.78, 5) is 3.94. The van der Waals surface area contributed by atoms with Crippen molar-refractivity contribution in [2.75, 3.05) is 5.75 Å². The molecule has 1 heterocycles. The minimum atomic E-state index is 0.380. The number of thioether (sulfide) groups is 1. The number of hydrogen-bond acceptors (Lipinski definition) is 2. The Morgan fingerprint density at radius 2 is 1.71 bits per heavy atom. The SMILES string of the molecule is CCCCCCCCSC1=[NH+]C2(CCCCC2)C2CCCCC2O1. The quantitative estimate of drug-likeness (QED) is 0.665. The molecule has 138 valence electrons. The van der Waals surface area contributed by atoms with Crippen LogP contribution in [0.25, 0.3) is 0 Å². The van der Waals surface area contributed by atoms with Gasteiger partial charge in [0.2, 0.25) is 0 Å². The van der Waals surface area contributed by atoms with Crippen LogP contribution in [0.4, 0.5) is 0 Å². The van der Waals surface area contributed by atoms with E-state index in [1.807, 2.05) is 11.8 Å². The Morgan fingerprint density at radius 3 is 2.54 bits per heavy atom. The monoisotopic (exact) mass is 352 g/mol. The average Bonchev–Trinajstić information content (AvgIpc) is 2.62. The van der Waals surface area contributed by atoms with E-state index in [0.29, 0.717) is 11.6 Å². The lowest BCUT2D eigenvalue weighted by molar-refractivity contribution is -0.592. The first-order valence-corrected chi connectivity index (χ1v) is 11.8. The van der Waals surface area contributed by atoms with E-state index in [9.17, 15) is 0 Å². The topological polar surface area (TPSA) is 23.2 Å². The van der Waals surface area contributed by atoms with Crippen LogP contribution >= 0.6 is 11.8 Å².